The van der Waals surface area contributed by atoms with Gasteiger partial charge in [-0.15, -0.1) is 0 Å². The van der Waals surface area contributed by atoms with Crippen molar-refractivity contribution in [2.24, 2.45) is 0 Å². The van der Waals surface area contributed by atoms with Gasteiger partial charge in [-0.2, -0.15) is 0 Å². The lowest BCUT2D eigenvalue weighted by Crippen LogP contribution is -1.70. The number of ether oxygens (including phenoxy) is 1. The highest BCUT2D eigenvalue weighted by Crippen LogP contribution is 1.58. The van der Waals surface area contributed by atoms with Gasteiger partial charge in [0.2, 0.25) is 0 Å². The van der Waals surface area contributed by atoms with E-state index in [1.54, 1.807) is 0 Å². The zero-order valence-electron chi connectivity index (χ0n) is 4.22. The van der Waals surface area contributed by atoms with Gasteiger partial charge in [-0.05, 0) is 0 Å². The SMILES string of the molecule is C=CO.COCF. The molecule has 0 aromatic carbocycles. The molecule has 0 rings (SSSR count). The Morgan fingerprint density at radius 2 is 2.14 bits per heavy atom. The zero-order chi connectivity index (χ0) is 6.12. The van der Waals surface area contributed by atoms with Gasteiger partial charge in [-0.1, -0.05) is 6.58 Å². The standard InChI is InChI=1S/C2H5FO.C2H4O/c1-4-2-3;1-2-3/h2H2,1H3;2-3H,1H2. The molecule has 44 valence electrons. The van der Waals surface area contributed by atoms with E-state index in [1.165, 1.54) is 7.11 Å². The van der Waals surface area contributed by atoms with Crippen molar-refractivity contribution in [3.8, 4) is 0 Å². The summed E-state index contributed by atoms with van der Waals surface area (Å²) in [6, 6.07) is 0. The minimum atomic E-state index is -0.681. The fraction of sp³-hybridized carbons (Fsp3) is 0.500. The number of hydrogen-bond donors (Lipinski definition) is 1. The molecule has 3 heteroatoms. The first-order valence-electron chi connectivity index (χ1n) is 1.63. The highest BCUT2D eigenvalue weighted by atomic mass is 19.1. The molecule has 0 bridgehead atoms. The molecule has 0 aliphatic heterocycles. The van der Waals surface area contributed by atoms with E-state index < -0.39 is 6.86 Å². The number of aliphatic hydroxyl groups is 1. The first-order chi connectivity index (χ1) is 3.33. The molecule has 0 unspecified atom stereocenters. The summed E-state index contributed by atoms with van der Waals surface area (Å²) in [5.74, 6) is 0. The fourth-order valence-corrected chi connectivity index (χ4v) is 0. The van der Waals surface area contributed by atoms with Gasteiger partial charge in [0, 0.05) is 7.11 Å². The van der Waals surface area contributed by atoms with Crippen LogP contribution in [0.2, 0.25) is 0 Å². The molecule has 0 aromatic heterocycles. The van der Waals surface area contributed by atoms with Crippen LogP contribution in [0.5, 0.6) is 0 Å². The maximum atomic E-state index is 10.5. The summed E-state index contributed by atoms with van der Waals surface area (Å²) in [7, 11) is 1.31. The largest absolute Gasteiger partial charge is 0.516 e. The minimum Gasteiger partial charge on any atom is -0.516 e. The second-order valence-electron chi connectivity index (χ2n) is 0.580. The summed E-state index contributed by atoms with van der Waals surface area (Å²) in [6.07, 6.45) is 0.750. The minimum absolute atomic E-state index is 0.681. The van der Waals surface area contributed by atoms with Gasteiger partial charge in [0.05, 0.1) is 6.26 Å². The van der Waals surface area contributed by atoms with Gasteiger partial charge in [0.25, 0.3) is 0 Å². The first-order valence-corrected chi connectivity index (χ1v) is 1.63. The van der Waals surface area contributed by atoms with Gasteiger partial charge in [-0.25, -0.2) is 4.39 Å². The molecule has 2 nitrogen and oxygen atoms in total. The number of alkyl halides is 1. The van der Waals surface area contributed by atoms with Crippen molar-refractivity contribution in [3.05, 3.63) is 12.8 Å². The Labute approximate surface area is 42.2 Å². The molecule has 0 aromatic rings. The summed E-state index contributed by atoms with van der Waals surface area (Å²) in [5.41, 5.74) is 0. The van der Waals surface area contributed by atoms with Gasteiger partial charge in [-0.3, -0.25) is 0 Å². The van der Waals surface area contributed by atoms with E-state index in [0.717, 1.165) is 6.26 Å². The molecule has 0 aliphatic rings. The van der Waals surface area contributed by atoms with E-state index in [1.807, 2.05) is 0 Å². The third-order valence-corrected chi connectivity index (χ3v) is 0.109. The molecule has 0 amide bonds. The Morgan fingerprint density at radius 3 is 2.14 bits per heavy atom. The highest BCUT2D eigenvalue weighted by molar-refractivity contribution is 4.38. The van der Waals surface area contributed by atoms with E-state index in [-0.39, 0.29) is 0 Å². The van der Waals surface area contributed by atoms with E-state index in [0.29, 0.717) is 0 Å². The van der Waals surface area contributed by atoms with Crippen LogP contribution in [0.1, 0.15) is 0 Å². The molecule has 1 N–H and O–H groups in total. The van der Waals surface area contributed by atoms with Crippen molar-refractivity contribution in [2.75, 3.05) is 14.0 Å². The maximum Gasteiger partial charge on any atom is 0.187 e. The number of methoxy groups -OCH3 is 1. The Kier molecular flexibility index (Phi) is 24.9. The molecule has 0 radical (unpaired) electrons. The van der Waals surface area contributed by atoms with Crippen LogP contribution in [-0.4, -0.2) is 19.1 Å². The van der Waals surface area contributed by atoms with Crippen LogP contribution in [-0.2, 0) is 4.74 Å². The summed E-state index contributed by atoms with van der Waals surface area (Å²) >= 11 is 0. The lowest BCUT2D eigenvalue weighted by Gasteiger charge is -1.72. The van der Waals surface area contributed by atoms with Crippen LogP contribution in [0.3, 0.4) is 0 Å². The zero-order valence-corrected chi connectivity index (χ0v) is 4.22. The van der Waals surface area contributed by atoms with E-state index in [9.17, 15) is 4.39 Å². The molecule has 0 aliphatic carbocycles. The average Bonchev–Trinajstić information content (AvgIpc) is 1.69. The first kappa shape index (κ1) is 9.66. The summed E-state index contributed by atoms with van der Waals surface area (Å²) in [6.45, 7) is 2.24. The second kappa shape index (κ2) is 18.0. The predicted molar refractivity (Wildman–Crippen MR) is 25.8 cm³/mol. The molecule has 0 fully saturated rings. The van der Waals surface area contributed by atoms with Crippen LogP contribution < -0.4 is 0 Å². The number of rotatable bonds is 1. The maximum absolute atomic E-state index is 10.5. The Hall–Kier alpha value is -0.570. The van der Waals surface area contributed by atoms with Crippen molar-refractivity contribution in [2.45, 2.75) is 0 Å². The van der Waals surface area contributed by atoms with Crippen molar-refractivity contribution in [3.63, 3.8) is 0 Å². The summed E-state index contributed by atoms with van der Waals surface area (Å²) in [5, 5.41) is 7.33. The Balaban J connectivity index is 0. The highest BCUT2D eigenvalue weighted by Gasteiger charge is 1.55. The van der Waals surface area contributed by atoms with Gasteiger partial charge in [0.1, 0.15) is 0 Å². The van der Waals surface area contributed by atoms with Crippen molar-refractivity contribution >= 4 is 0 Å². The van der Waals surface area contributed by atoms with Gasteiger partial charge < -0.3 is 9.84 Å². The average molecular weight is 108 g/mol. The van der Waals surface area contributed by atoms with E-state index in [4.69, 9.17) is 5.11 Å². The lowest BCUT2D eigenvalue weighted by molar-refractivity contribution is 0.104. The van der Waals surface area contributed by atoms with Gasteiger partial charge in [0.15, 0.2) is 6.86 Å². The summed E-state index contributed by atoms with van der Waals surface area (Å²) < 4.78 is 14.4. The van der Waals surface area contributed by atoms with Crippen LogP contribution >= 0.6 is 0 Å². The Morgan fingerprint density at radius 1 is 2.00 bits per heavy atom. The molecule has 0 saturated heterocycles. The Bertz CT molecular complexity index is 28.9. The van der Waals surface area contributed by atoms with Crippen LogP contribution in [0.15, 0.2) is 12.8 Å². The van der Waals surface area contributed by atoms with Crippen LogP contribution in [0.4, 0.5) is 4.39 Å². The molecule has 0 spiro atoms. The van der Waals surface area contributed by atoms with Crippen LogP contribution in [0, 0.1) is 0 Å². The predicted octanol–water partition coefficient (Wildman–Crippen LogP) is 1.25. The summed E-state index contributed by atoms with van der Waals surface area (Å²) in [4.78, 5) is 0. The normalized spacial score (nSPS) is 6.00. The molecule has 0 saturated carbocycles. The number of halogens is 1. The topological polar surface area (TPSA) is 29.5 Å². The van der Waals surface area contributed by atoms with Gasteiger partial charge >= 0.3 is 0 Å². The third-order valence-electron chi connectivity index (χ3n) is 0.109. The van der Waals surface area contributed by atoms with E-state index >= 15 is 0 Å². The van der Waals surface area contributed by atoms with Crippen molar-refractivity contribution in [1.29, 1.82) is 0 Å². The molecule has 0 heterocycles. The van der Waals surface area contributed by atoms with Crippen molar-refractivity contribution in [1.82, 2.24) is 0 Å². The molecular formula is C4H9FO2. The fourth-order valence-electron chi connectivity index (χ4n) is 0. The number of hydrogen-bond acceptors (Lipinski definition) is 2. The van der Waals surface area contributed by atoms with Crippen molar-refractivity contribution < 1.29 is 14.2 Å². The molecular weight excluding hydrogens is 99.0 g/mol. The lowest BCUT2D eigenvalue weighted by atomic mass is 11.2. The second-order valence-corrected chi connectivity index (χ2v) is 0.580. The number of aliphatic hydroxyl groups excluding tert-OH is 1. The molecule has 0 atom stereocenters. The third kappa shape index (κ3) is 346. The van der Waals surface area contributed by atoms with E-state index in [2.05, 4.69) is 11.3 Å². The quantitative estimate of drug-likeness (QED) is 0.512. The smallest absolute Gasteiger partial charge is 0.187 e. The van der Waals surface area contributed by atoms with Crippen LogP contribution in [0.25, 0.3) is 0 Å². The molecule has 7 heavy (non-hydrogen) atoms. The monoisotopic (exact) mass is 108 g/mol.